The SMILES string of the molecule is COc1cccc(N2CC(COc3ccc(N4N=C(C(F)(F)F)[C@@H](C)[C@@H]4CC(=O)O)cc3)C2)c1. The van der Waals surface area contributed by atoms with Crippen molar-refractivity contribution < 1.29 is 32.5 Å². The Labute approximate surface area is 195 Å². The lowest BCUT2D eigenvalue weighted by atomic mass is 9.94. The van der Waals surface area contributed by atoms with Gasteiger partial charge in [0.2, 0.25) is 0 Å². The number of halogens is 3. The number of hydrazone groups is 1. The van der Waals surface area contributed by atoms with Gasteiger partial charge in [-0.05, 0) is 36.4 Å². The fourth-order valence-electron chi connectivity index (χ4n) is 4.28. The molecular formula is C24H26F3N3O4. The maximum absolute atomic E-state index is 13.3. The van der Waals surface area contributed by atoms with Crippen molar-refractivity contribution >= 4 is 23.1 Å². The van der Waals surface area contributed by atoms with Crippen molar-refractivity contribution in [3.05, 3.63) is 48.5 Å². The van der Waals surface area contributed by atoms with Gasteiger partial charge in [0, 0.05) is 36.7 Å². The first-order valence-electron chi connectivity index (χ1n) is 10.9. The first-order chi connectivity index (χ1) is 16.2. The molecule has 0 saturated carbocycles. The first-order valence-corrected chi connectivity index (χ1v) is 10.9. The third-order valence-corrected chi connectivity index (χ3v) is 6.17. The monoisotopic (exact) mass is 477 g/mol. The summed E-state index contributed by atoms with van der Waals surface area (Å²) in [4.78, 5) is 13.5. The Kier molecular flexibility index (Phi) is 6.58. The average Bonchev–Trinajstić information content (AvgIpc) is 3.09. The summed E-state index contributed by atoms with van der Waals surface area (Å²) in [7, 11) is 1.63. The quantitative estimate of drug-likeness (QED) is 0.607. The number of carboxylic acids is 1. The zero-order chi connectivity index (χ0) is 24.5. The highest BCUT2D eigenvalue weighted by Crippen LogP contribution is 2.37. The third kappa shape index (κ3) is 5.05. The zero-order valence-electron chi connectivity index (χ0n) is 18.8. The smallest absolute Gasteiger partial charge is 0.431 e. The van der Waals surface area contributed by atoms with Crippen molar-refractivity contribution in [1.82, 2.24) is 0 Å². The molecule has 2 aliphatic rings. The van der Waals surface area contributed by atoms with Crippen molar-refractivity contribution in [2.45, 2.75) is 25.6 Å². The topological polar surface area (TPSA) is 74.6 Å². The predicted octanol–water partition coefficient (Wildman–Crippen LogP) is 4.43. The number of ether oxygens (including phenoxy) is 2. The van der Waals surface area contributed by atoms with E-state index >= 15 is 0 Å². The van der Waals surface area contributed by atoms with Gasteiger partial charge in [-0.15, -0.1) is 0 Å². The first kappa shape index (κ1) is 23.7. The van der Waals surface area contributed by atoms with E-state index in [2.05, 4.69) is 10.0 Å². The van der Waals surface area contributed by atoms with Crippen LogP contribution in [0.1, 0.15) is 13.3 Å². The van der Waals surface area contributed by atoms with Crippen LogP contribution in [0, 0.1) is 11.8 Å². The van der Waals surface area contributed by atoms with Crippen LogP contribution in [-0.2, 0) is 4.79 Å². The number of anilines is 2. The fraction of sp³-hybridized carbons (Fsp3) is 0.417. The molecule has 0 aromatic heterocycles. The molecule has 7 nitrogen and oxygen atoms in total. The lowest BCUT2D eigenvalue weighted by Gasteiger charge is -2.40. The van der Waals surface area contributed by atoms with E-state index in [4.69, 9.17) is 14.6 Å². The number of carbonyl (C=O) groups is 1. The van der Waals surface area contributed by atoms with Crippen LogP contribution in [0.15, 0.2) is 53.6 Å². The molecule has 10 heteroatoms. The number of benzene rings is 2. The molecule has 2 atom stereocenters. The van der Waals surface area contributed by atoms with E-state index < -0.39 is 36.2 Å². The van der Waals surface area contributed by atoms with Gasteiger partial charge in [0.05, 0.1) is 31.9 Å². The molecule has 182 valence electrons. The number of nitrogens with zero attached hydrogens (tertiary/aromatic N) is 3. The van der Waals surface area contributed by atoms with Gasteiger partial charge in [0.15, 0.2) is 0 Å². The van der Waals surface area contributed by atoms with Gasteiger partial charge in [-0.3, -0.25) is 9.80 Å². The minimum atomic E-state index is -4.62. The summed E-state index contributed by atoms with van der Waals surface area (Å²) in [6.07, 6.45) is -5.07. The van der Waals surface area contributed by atoms with Gasteiger partial charge >= 0.3 is 12.1 Å². The minimum absolute atomic E-state index is 0.351. The van der Waals surface area contributed by atoms with Crippen LogP contribution < -0.4 is 19.4 Å². The molecule has 2 heterocycles. The van der Waals surface area contributed by atoms with Crippen LogP contribution >= 0.6 is 0 Å². The van der Waals surface area contributed by atoms with Crippen molar-refractivity contribution in [1.29, 1.82) is 0 Å². The molecule has 1 N–H and O–H groups in total. The molecule has 1 fully saturated rings. The molecule has 0 amide bonds. The van der Waals surface area contributed by atoms with E-state index in [0.717, 1.165) is 29.5 Å². The highest BCUT2D eigenvalue weighted by atomic mass is 19.4. The second kappa shape index (κ2) is 9.44. The lowest BCUT2D eigenvalue weighted by Crippen LogP contribution is -2.49. The normalized spacial score (nSPS) is 20.7. The maximum atomic E-state index is 13.3. The van der Waals surface area contributed by atoms with Crippen LogP contribution in [-0.4, -0.2) is 55.8 Å². The Balaban J connectivity index is 1.35. The maximum Gasteiger partial charge on any atom is 0.431 e. The summed E-state index contributed by atoms with van der Waals surface area (Å²) < 4.78 is 51.1. The van der Waals surface area contributed by atoms with Gasteiger partial charge < -0.3 is 19.5 Å². The Morgan fingerprint density at radius 2 is 1.82 bits per heavy atom. The highest BCUT2D eigenvalue weighted by molar-refractivity contribution is 5.95. The third-order valence-electron chi connectivity index (χ3n) is 6.17. The molecule has 0 spiro atoms. The summed E-state index contributed by atoms with van der Waals surface area (Å²) in [6, 6.07) is 13.5. The average molecular weight is 477 g/mol. The van der Waals surface area contributed by atoms with E-state index in [9.17, 15) is 18.0 Å². The lowest BCUT2D eigenvalue weighted by molar-refractivity contribution is -0.137. The molecule has 2 aliphatic heterocycles. The van der Waals surface area contributed by atoms with E-state index in [1.807, 2.05) is 24.3 Å². The minimum Gasteiger partial charge on any atom is -0.497 e. The summed E-state index contributed by atoms with van der Waals surface area (Å²) in [5, 5.41) is 14.1. The number of methoxy groups -OCH3 is 1. The molecule has 0 aliphatic carbocycles. The summed E-state index contributed by atoms with van der Waals surface area (Å²) >= 11 is 0. The largest absolute Gasteiger partial charge is 0.497 e. The van der Waals surface area contributed by atoms with Gasteiger partial charge in [-0.25, -0.2) is 0 Å². The predicted molar refractivity (Wildman–Crippen MR) is 122 cm³/mol. The van der Waals surface area contributed by atoms with Crippen LogP contribution in [0.2, 0.25) is 0 Å². The summed E-state index contributed by atoms with van der Waals surface area (Å²) in [5.74, 6) is -0.487. The van der Waals surface area contributed by atoms with Crippen molar-refractivity contribution in [3.63, 3.8) is 0 Å². The molecule has 2 aromatic rings. The van der Waals surface area contributed by atoms with Crippen molar-refractivity contribution in [2.24, 2.45) is 16.9 Å². The zero-order valence-corrected chi connectivity index (χ0v) is 18.8. The molecular weight excluding hydrogens is 451 g/mol. The van der Waals surface area contributed by atoms with E-state index in [0.29, 0.717) is 24.0 Å². The summed E-state index contributed by atoms with van der Waals surface area (Å²) in [5.41, 5.74) is 0.511. The molecule has 0 radical (unpaired) electrons. The molecule has 1 saturated heterocycles. The van der Waals surface area contributed by atoms with Gasteiger partial charge in [-0.2, -0.15) is 18.3 Å². The molecule has 4 rings (SSSR count). The Hall–Kier alpha value is -3.43. The molecule has 2 aromatic carbocycles. The number of rotatable bonds is 8. The van der Waals surface area contributed by atoms with Crippen molar-refractivity contribution in [2.75, 3.05) is 36.7 Å². The number of carboxylic acid groups (broad SMARTS) is 1. The summed E-state index contributed by atoms with van der Waals surface area (Å²) in [6.45, 7) is 3.56. The van der Waals surface area contributed by atoms with Crippen LogP contribution in [0.25, 0.3) is 0 Å². The van der Waals surface area contributed by atoms with Crippen molar-refractivity contribution in [3.8, 4) is 11.5 Å². The van der Waals surface area contributed by atoms with E-state index in [1.165, 1.54) is 6.92 Å². The van der Waals surface area contributed by atoms with E-state index in [1.54, 1.807) is 31.4 Å². The van der Waals surface area contributed by atoms with Crippen LogP contribution in [0.5, 0.6) is 11.5 Å². The number of hydrogen-bond donors (Lipinski definition) is 1. The fourth-order valence-corrected chi connectivity index (χ4v) is 4.28. The Morgan fingerprint density at radius 1 is 1.12 bits per heavy atom. The molecule has 0 bridgehead atoms. The second-order valence-electron chi connectivity index (χ2n) is 8.56. The van der Waals surface area contributed by atoms with Crippen LogP contribution in [0.4, 0.5) is 24.5 Å². The standard InChI is InChI=1S/C24H26F3N3O4/c1-15-21(11-22(31)32)30(28-23(15)24(25,26)27)17-6-8-19(9-7-17)34-14-16-12-29(13-16)18-4-3-5-20(10-18)33-2/h3-10,15-16,21H,11-14H2,1-2H3,(H,31,32)/t15-,21-/m0/s1. The highest BCUT2D eigenvalue weighted by Gasteiger charge is 2.48. The number of hydrogen-bond acceptors (Lipinski definition) is 6. The number of alkyl halides is 3. The van der Waals surface area contributed by atoms with Gasteiger partial charge in [0.1, 0.15) is 17.2 Å². The van der Waals surface area contributed by atoms with E-state index in [-0.39, 0.29) is 0 Å². The Bertz CT molecular complexity index is 1050. The Morgan fingerprint density at radius 3 is 2.44 bits per heavy atom. The van der Waals surface area contributed by atoms with Gasteiger partial charge in [-0.1, -0.05) is 13.0 Å². The number of aliphatic carboxylic acids is 1. The molecule has 34 heavy (non-hydrogen) atoms. The molecule has 0 unspecified atom stereocenters. The van der Waals surface area contributed by atoms with Crippen LogP contribution in [0.3, 0.4) is 0 Å². The van der Waals surface area contributed by atoms with Gasteiger partial charge in [0.25, 0.3) is 0 Å². The second-order valence-corrected chi connectivity index (χ2v) is 8.56.